The SMILES string of the molecule is Cc1ccc(N2C(=O)C(=O)C(=C(O)c3ccccc3)[C@@H]2c2ccccc2F)cc1. The molecule has 3 aromatic rings. The maximum absolute atomic E-state index is 14.7. The highest BCUT2D eigenvalue weighted by Crippen LogP contribution is 2.42. The number of amides is 1. The van der Waals surface area contributed by atoms with Gasteiger partial charge >= 0.3 is 0 Å². The van der Waals surface area contributed by atoms with E-state index in [0.717, 1.165) is 5.56 Å². The van der Waals surface area contributed by atoms with Crippen molar-refractivity contribution in [2.45, 2.75) is 13.0 Å². The third kappa shape index (κ3) is 3.21. The van der Waals surface area contributed by atoms with E-state index >= 15 is 0 Å². The van der Waals surface area contributed by atoms with E-state index in [4.69, 9.17) is 0 Å². The molecular formula is C24H18FNO3. The highest BCUT2D eigenvalue weighted by Gasteiger charge is 2.47. The van der Waals surface area contributed by atoms with Gasteiger partial charge in [0.25, 0.3) is 11.7 Å². The first-order valence-electron chi connectivity index (χ1n) is 9.16. The molecular weight excluding hydrogens is 369 g/mol. The molecule has 3 aromatic carbocycles. The first-order chi connectivity index (χ1) is 14.0. The standard InChI is InChI=1S/C24H18FNO3/c1-15-11-13-17(14-12-15)26-21(18-9-5-6-10-19(18)25)20(23(28)24(26)29)22(27)16-7-3-2-4-8-16/h2-14,21,27H,1H3/t21-/m0/s1. The molecule has 0 aromatic heterocycles. The fraction of sp³-hybridized carbons (Fsp3) is 0.0833. The number of hydrogen-bond donors (Lipinski definition) is 1. The summed E-state index contributed by atoms with van der Waals surface area (Å²) in [5.41, 5.74) is 1.84. The number of halogens is 1. The number of ketones is 1. The second kappa shape index (κ2) is 7.36. The fourth-order valence-corrected chi connectivity index (χ4v) is 3.55. The topological polar surface area (TPSA) is 57.6 Å². The number of carbonyl (C=O) groups excluding carboxylic acids is 2. The van der Waals surface area contributed by atoms with E-state index < -0.39 is 23.5 Å². The van der Waals surface area contributed by atoms with Crippen molar-refractivity contribution in [1.29, 1.82) is 0 Å². The van der Waals surface area contributed by atoms with Crippen LogP contribution in [0.3, 0.4) is 0 Å². The highest BCUT2D eigenvalue weighted by atomic mass is 19.1. The average Bonchev–Trinajstić information content (AvgIpc) is 3.00. The predicted octanol–water partition coefficient (Wildman–Crippen LogP) is 4.76. The first kappa shape index (κ1) is 18.6. The molecule has 1 aliphatic heterocycles. The van der Waals surface area contributed by atoms with E-state index in [1.807, 2.05) is 19.1 Å². The monoisotopic (exact) mass is 387 g/mol. The van der Waals surface area contributed by atoms with Crippen LogP contribution in [0.4, 0.5) is 10.1 Å². The van der Waals surface area contributed by atoms with Crippen molar-refractivity contribution in [1.82, 2.24) is 0 Å². The summed E-state index contributed by atoms with van der Waals surface area (Å²) in [6.45, 7) is 1.90. The molecule has 5 heteroatoms. The molecule has 1 N–H and O–H groups in total. The van der Waals surface area contributed by atoms with Crippen LogP contribution in [0, 0.1) is 12.7 Å². The number of aryl methyl sites for hydroxylation is 1. The van der Waals surface area contributed by atoms with E-state index in [-0.39, 0.29) is 16.9 Å². The Hall–Kier alpha value is -3.73. The number of nitrogens with zero attached hydrogens (tertiary/aromatic N) is 1. The van der Waals surface area contributed by atoms with Crippen molar-refractivity contribution in [2.24, 2.45) is 0 Å². The molecule has 1 heterocycles. The summed E-state index contributed by atoms with van der Waals surface area (Å²) in [4.78, 5) is 27.1. The minimum Gasteiger partial charge on any atom is -0.507 e. The Morgan fingerprint density at radius 2 is 1.52 bits per heavy atom. The molecule has 4 rings (SSSR count). The highest BCUT2D eigenvalue weighted by molar-refractivity contribution is 6.51. The molecule has 1 fully saturated rings. The molecule has 0 spiro atoms. The van der Waals surface area contributed by atoms with Crippen molar-refractivity contribution < 1.29 is 19.1 Å². The number of aliphatic hydroxyl groups is 1. The Bertz CT molecular complexity index is 1120. The average molecular weight is 387 g/mol. The summed E-state index contributed by atoms with van der Waals surface area (Å²) in [5.74, 6) is -2.54. The van der Waals surface area contributed by atoms with Crippen molar-refractivity contribution in [3.63, 3.8) is 0 Å². The van der Waals surface area contributed by atoms with Gasteiger partial charge in [-0.2, -0.15) is 0 Å². The molecule has 144 valence electrons. The van der Waals surface area contributed by atoms with Crippen LogP contribution in [0.2, 0.25) is 0 Å². The molecule has 1 aliphatic rings. The summed E-state index contributed by atoms with van der Waals surface area (Å²) in [7, 11) is 0. The summed E-state index contributed by atoms with van der Waals surface area (Å²) in [6.07, 6.45) is 0. The zero-order chi connectivity index (χ0) is 20.5. The van der Waals surface area contributed by atoms with E-state index in [1.165, 1.54) is 23.1 Å². The van der Waals surface area contributed by atoms with Crippen LogP contribution < -0.4 is 4.90 Å². The van der Waals surface area contributed by atoms with Gasteiger partial charge in [0.05, 0.1) is 11.6 Å². The summed E-state index contributed by atoms with van der Waals surface area (Å²) >= 11 is 0. The third-order valence-electron chi connectivity index (χ3n) is 5.00. The van der Waals surface area contributed by atoms with Crippen molar-refractivity contribution >= 4 is 23.1 Å². The number of anilines is 1. The summed E-state index contributed by atoms with van der Waals surface area (Å²) < 4.78 is 14.7. The number of carbonyl (C=O) groups is 2. The van der Waals surface area contributed by atoms with E-state index in [0.29, 0.717) is 11.3 Å². The molecule has 0 saturated carbocycles. The van der Waals surface area contributed by atoms with Crippen LogP contribution in [-0.4, -0.2) is 16.8 Å². The van der Waals surface area contributed by atoms with Crippen molar-refractivity contribution in [3.8, 4) is 0 Å². The van der Waals surface area contributed by atoms with Crippen LogP contribution in [0.5, 0.6) is 0 Å². The van der Waals surface area contributed by atoms with Crippen LogP contribution in [0.1, 0.15) is 22.7 Å². The largest absolute Gasteiger partial charge is 0.507 e. The minimum absolute atomic E-state index is 0.133. The molecule has 0 radical (unpaired) electrons. The predicted molar refractivity (Wildman–Crippen MR) is 109 cm³/mol. The number of benzene rings is 3. The molecule has 0 bridgehead atoms. The fourth-order valence-electron chi connectivity index (χ4n) is 3.55. The van der Waals surface area contributed by atoms with E-state index in [2.05, 4.69) is 0 Å². The number of hydrogen-bond acceptors (Lipinski definition) is 3. The van der Waals surface area contributed by atoms with Crippen LogP contribution in [-0.2, 0) is 9.59 Å². The normalized spacial score (nSPS) is 18.3. The van der Waals surface area contributed by atoms with Gasteiger partial charge in [-0.1, -0.05) is 66.2 Å². The second-order valence-electron chi connectivity index (χ2n) is 6.89. The van der Waals surface area contributed by atoms with Crippen LogP contribution in [0.15, 0.2) is 84.4 Å². The van der Waals surface area contributed by atoms with Gasteiger partial charge < -0.3 is 5.11 Å². The number of rotatable bonds is 3. The summed E-state index contributed by atoms with van der Waals surface area (Å²) in [5, 5.41) is 10.9. The van der Waals surface area contributed by atoms with Gasteiger partial charge in [0, 0.05) is 16.8 Å². The van der Waals surface area contributed by atoms with Gasteiger partial charge in [-0.05, 0) is 25.1 Å². The molecule has 1 saturated heterocycles. The summed E-state index contributed by atoms with van der Waals surface area (Å²) in [6, 6.07) is 20.4. The van der Waals surface area contributed by atoms with Gasteiger partial charge in [-0.3, -0.25) is 14.5 Å². The lowest BCUT2D eigenvalue weighted by atomic mass is 9.94. The quantitative estimate of drug-likeness (QED) is 0.400. The Morgan fingerprint density at radius 3 is 2.17 bits per heavy atom. The van der Waals surface area contributed by atoms with Gasteiger partial charge in [0.2, 0.25) is 0 Å². The maximum Gasteiger partial charge on any atom is 0.300 e. The lowest BCUT2D eigenvalue weighted by Gasteiger charge is -2.25. The molecule has 0 unspecified atom stereocenters. The van der Waals surface area contributed by atoms with Gasteiger partial charge in [0.15, 0.2) is 0 Å². The smallest absolute Gasteiger partial charge is 0.300 e. The van der Waals surface area contributed by atoms with E-state index in [9.17, 15) is 19.1 Å². The molecule has 0 aliphatic carbocycles. The van der Waals surface area contributed by atoms with Gasteiger partial charge in [0.1, 0.15) is 11.6 Å². The first-order valence-corrected chi connectivity index (χ1v) is 9.16. The minimum atomic E-state index is -1.07. The lowest BCUT2D eigenvalue weighted by molar-refractivity contribution is -0.132. The van der Waals surface area contributed by atoms with E-state index in [1.54, 1.807) is 48.5 Å². The van der Waals surface area contributed by atoms with Crippen LogP contribution in [0.25, 0.3) is 5.76 Å². The van der Waals surface area contributed by atoms with Gasteiger partial charge in [-0.25, -0.2) is 4.39 Å². The Morgan fingerprint density at radius 1 is 0.897 bits per heavy atom. The van der Waals surface area contributed by atoms with Crippen molar-refractivity contribution in [3.05, 3.63) is 107 Å². The maximum atomic E-state index is 14.7. The Kier molecular flexibility index (Phi) is 4.72. The van der Waals surface area contributed by atoms with Crippen molar-refractivity contribution in [2.75, 3.05) is 4.90 Å². The Labute approximate surface area is 167 Å². The zero-order valence-corrected chi connectivity index (χ0v) is 15.7. The van der Waals surface area contributed by atoms with Crippen LogP contribution >= 0.6 is 0 Å². The molecule has 4 nitrogen and oxygen atoms in total. The lowest BCUT2D eigenvalue weighted by Crippen LogP contribution is -2.29. The number of Topliss-reactive ketones (excluding diaryl/α,β-unsaturated/α-hetero) is 1. The third-order valence-corrected chi connectivity index (χ3v) is 5.00. The second-order valence-corrected chi connectivity index (χ2v) is 6.89. The number of aliphatic hydroxyl groups excluding tert-OH is 1. The zero-order valence-electron chi connectivity index (χ0n) is 15.7. The molecule has 1 atom stereocenters. The molecule has 1 amide bonds. The van der Waals surface area contributed by atoms with Gasteiger partial charge in [-0.15, -0.1) is 0 Å². The molecule has 29 heavy (non-hydrogen) atoms. The Balaban J connectivity index is 1.97.